The maximum absolute atomic E-state index is 14.6. The number of ether oxygens (including phenoxy) is 3. The minimum atomic E-state index is -0.677. The van der Waals surface area contributed by atoms with E-state index < -0.39 is 17.6 Å². The van der Waals surface area contributed by atoms with Gasteiger partial charge >= 0.3 is 12.1 Å². The van der Waals surface area contributed by atoms with Gasteiger partial charge in [0, 0.05) is 37.8 Å². The van der Waals surface area contributed by atoms with E-state index in [-0.39, 0.29) is 55.1 Å². The van der Waals surface area contributed by atoms with E-state index in [0.717, 1.165) is 18.4 Å². The molecule has 1 aliphatic carbocycles. The van der Waals surface area contributed by atoms with E-state index in [9.17, 15) is 24.3 Å². The molecule has 11 nitrogen and oxygen atoms in total. The first-order chi connectivity index (χ1) is 21.4. The van der Waals surface area contributed by atoms with Crippen molar-refractivity contribution in [2.45, 2.75) is 77.4 Å². The normalized spacial score (nSPS) is 19.8. The van der Waals surface area contributed by atoms with Gasteiger partial charge in [0.1, 0.15) is 17.1 Å². The number of benzene rings is 2. The second-order valence-corrected chi connectivity index (χ2v) is 12.9. The molecule has 3 aliphatic rings. The lowest BCUT2D eigenvalue weighted by Gasteiger charge is -2.41. The number of amides is 3. The van der Waals surface area contributed by atoms with Crippen LogP contribution in [0.5, 0.6) is 11.5 Å². The number of hydrogen-bond acceptors (Lipinski definition) is 8. The predicted octanol–water partition coefficient (Wildman–Crippen LogP) is 5.00. The molecule has 45 heavy (non-hydrogen) atoms. The first-order valence-electron chi connectivity index (χ1n) is 15.8. The fourth-order valence-corrected chi connectivity index (χ4v) is 6.08. The van der Waals surface area contributed by atoms with E-state index >= 15 is 0 Å². The number of piperidine rings is 1. The zero-order valence-electron chi connectivity index (χ0n) is 26.5. The molecule has 2 atom stereocenters. The largest absolute Gasteiger partial charge is 0.508 e. The number of nitrogens with zero attached hydrogens (tertiary/aromatic N) is 3. The molecule has 2 heterocycles. The number of fused-ring (bicyclic) bond motifs is 1. The molecule has 5 rings (SSSR count). The summed E-state index contributed by atoms with van der Waals surface area (Å²) < 4.78 is 16.4. The smallest absolute Gasteiger partial charge is 0.410 e. The van der Waals surface area contributed by atoms with E-state index in [0.29, 0.717) is 49.7 Å². The summed E-state index contributed by atoms with van der Waals surface area (Å²) in [7, 11) is 0. The Morgan fingerprint density at radius 1 is 1.09 bits per heavy atom. The highest BCUT2D eigenvalue weighted by Crippen LogP contribution is 2.43. The van der Waals surface area contributed by atoms with Crippen LogP contribution < -0.4 is 14.5 Å². The number of phenolic OH excluding ortho intramolecular Hbond substituents is 1. The summed E-state index contributed by atoms with van der Waals surface area (Å²) in [5.41, 5.74) is 1.35. The molecular formula is C34H43N3O8. The number of carbonyl (C=O) groups is 4. The monoisotopic (exact) mass is 621 g/mol. The van der Waals surface area contributed by atoms with Gasteiger partial charge < -0.3 is 34.0 Å². The number of anilines is 2. The number of hydrogen-bond donors (Lipinski definition) is 1. The zero-order chi connectivity index (χ0) is 32.3. The molecule has 3 amide bonds. The number of aromatic hydroxyl groups is 1. The Bertz CT molecular complexity index is 1430. The summed E-state index contributed by atoms with van der Waals surface area (Å²) >= 11 is 0. The van der Waals surface area contributed by atoms with Crippen LogP contribution in [0.4, 0.5) is 16.2 Å². The third-order valence-electron chi connectivity index (χ3n) is 8.26. The number of phenols is 1. The van der Waals surface area contributed by atoms with Crippen LogP contribution in [-0.4, -0.2) is 78.4 Å². The molecule has 2 aromatic carbocycles. The van der Waals surface area contributed by atoms with Gasteiger partial charge in [-0.1, -0.05) is 12.1 Å². The Morgan fingerprint density at radius 2 is 1.87 bits per heavy atom. The fourth-order valence-electron chi connectivity index (χ4n) is 6.08. The van der Waals surface area contributed by atoms with Crippen molar-refractivity contribution in [2.24, 2.45) is 5.92 Å². The van der Waals surface area contributed by atoms with Crippen LogP contribution in [0.1, 0.15) is 71.3 Å². The summed E-state index contributed by atoms with van der Waals surface area (Å²) in [4.78, 5) is 57.6. The van der Waals surface area contributed by atoms with E-state index in [1.54, 1.807) is 45.9 Å². The van der Waals surface area contributed by atoms with Crippen LogP contribution in [0.3, 0.4) is 0 Å². The minimum Gasteiger partial charge on any atom is -0.508 e. The summed E-state index contributed by atoms with van der Waals surface area (Å²) in [6.07, 6.45) is 2.34. The van der Waals surface area contributed by atoms with E-state index in [1.807, 2.05) is 39.0 Å². The van der Waals surface area contributed by atoms with Crippen molar-refractivity contribution < 1.29 is 38.5 Å². The molecule has 0 bridgehead atoms. The first-order valence-corrected chi connectivity index (χ1v) is 15.8. The quantitative estimate of drug-likeness (QED) is 0.388. The molecule has 0 aromatic heterocycles. The maximum atomic E-state index is 14.6. The third kappa shape index (κ3) is 7.69. The molecule has 11 heteroatoms. The second-order valence-electron chi connectivity index (χ2n) is 12.9. The van der Waals surface area contributed by atoms with Crippen molar-refractivity contribution in [1.82, 2.24) is 4.90 Å². The summed E-state index contributed by atoms with van der Waals surface area (Å²) in [6, 6.07) is 12.4. The van der Waals surface area contributed by atoms with Crippen LogP contribution in [0.2, 0.25) is 0 Å². The lowest BCUT2D eigenvalue weighted by Crippen LogP contribution is -2.51. The highest BCUT2D eigenvalue weighted by molar-refractivity contribution is 6.01. The maximum Gasteiger partial charge on any atom is 0.410 e. The lowest BCUT2D eigenvalue weighted by molar-refractivity contribution is -0.143. The lowest BCUT2D eigenvalue weighted by atomic mass is 9.79. The predicted molar refractivity (Wildman–Crippen MR) is 167 cm³/mol. The van der Waals surface area contributed by atoms with Gasteiger partial charge in [0.05, 0.1) is 18.2 Å². The van der Waals surface area contributed by atoms with Gasteiger partial charge in [-0.15, -0.1) is 0 Å². The van der Waals surface area contributed by atoms with Gasteiger partial charge in [0.15, 0.2) is 6.61 Å². The molecule has 1 saturated heterocycles. The second kappa shape index (κ2) is 13.4. The Labute approximate surface area is 264 Å². The van der Waals surface area contributed by atoms with Crippen molar-refractivity contribution >= 4 is 35.3 Å². The van der Waals surface area contributed by atoms with Crippen LogP contribution in [0.25, 0.3) is 0 Å². The average molecular weight is 622 g/mol. The number of carbonyl (C=O) groups excluding carboxylic acids is 4. The molecule has 1 saturated carbocycles. The average Bonchev–Trinajstić information content (AvgIpc) is 3.82. The Hall–Kier alpha value is -4.28. The van der Waals surface area contributed by atoms with Gasteiger partial charge in [-0.25, -0.2) is 4.79 Å². The fraction of sp³-hybridized carbons (Fsp3) is 0.529. The summed E-state index contributed by atoms with van der Waals surface area (Å²) in [6.45, 7) is 8.28. The SMILES string of the molecule is CCOC(=O)CCCN1C(=O)COc2ccc(N(C(=O)[C@H]3CN(C(=O)OC(C)(C)C)CC[C@@H]3c3cccc(O)c3)C3CC3)cc21. The number of likely N-dealkylation sites (tertiary alicyclic amines) is 1. The van der Waals surface area contributed by atoms with Crippen LogP contribution in [0.15, 0.2) is 42.5 Å². The standard InChI is InChI=1S/C34H43N3O8/c1-5-43-31(40)10-7-16-36-28-19-24(13-14-29(28)44-21-30(36)39)37(23-11-12-23)32(41)27-20-35(33(42)45-34(2,3)4)17-15-26(27)22-8-6-9-25(38)18-22/h6,8-9,13-14,18-19,23,26-27,38H,5,7,10-12,15-17,20-21H2,1-4H3/t26-,27+/m1/s1. The van der Waals surface area contributed by atoms with Gasteiger partial charge in [-0.3, -0.25) is 14.4 Å². The van der Waals surface area contributed by atoms with Crippen molar-refractivity contribution in [3.8, 4) is 11.5 Å². The highest BCUT2D eigenvalue weighted by Gasteiger charge is 2.44. The van der Waals surface area contributed by atoms with Crippen LogP contribution >= 0.6 is 0 Å². The summed E-state index contributed by atoms with van der Waals surface area (Å²) in [5.74, 6) is -0.839. The first kappa shape index (κ1) is 32.1. The Balaban J connectivity index is 1.44. The number of esters is 1. The minimum absolute atomic E-state index is 0.0187. The molecule has 0 radical (unpaired) electrons. The van der Waals surface area contributed by atoms with E-state index in [1.165, 1.54) is 0 Å². The van der Waals surface area contributed by atoms with Crippen LogP contribution in [0, 0.1) is 5.92 Å². The zero-order valence-corrected chi connectivity index (χ0v) is 26.5. The highest BCUT2D eigenvalue weighted by atomic mass is 16.6. The van der Waals surface area contributed by atoms with Crippen molar-refractivity contribution in [1.29, 1.82) is 0 Å². The van der Waals surface area contributed by atoms with E-state index in [2.05, 4.69) is 0 Å². The molecule has 2 fully saturated rings. The van der Waals surface area contributed by atoms with Crippen molar-refractivity contribution in [2.75, 3.05) is 42.6 Å². The molecule has 2 aliphatic heterocycles. The Kier molecular flexibility index (Phi) is 9.55. The van der Waals surface area contributed by atoms with Crippen LogP contribution in [-0.2, 0) is 23.9 Å². The molecule has 0 unspecified atom stereocenters. The van der Waals surface area contributed by atoms with Gasteiger partial charge in [-0.05, 0) is 95.2 Å². The molecular weight excluding hydrogens is 578 g/mol. The molecule has 242 valence electrons. The topological polar surface area (TPSA) is 126 Å². The number of rotatable bonds is 9. The van der Waals surface area contributed by atoms with Crippen molar-refractivity contribution in [3.05, 3.63) is 48.0 Å². The Morgan fingerprint density at radius 3 is 2.56 bits per heavy atom. The van der Waals surface area contributed by atoms with Gasteiger partial charge in [0.25, 0.3) is 5.91 Å². The third-order valence-corrected chi connectivity index (χ3v) is 8.26. The molecule has 0 spiro atoms. The van der Waals surface area contributed by atoms with Crippen molar-refractivity contribution in [3.63, 3.8) is 0 Å². The summed E-state index contributed by atoms with van der Waals surface area (Å²) in [5, 5.41) is 10.2. The molecule has 2 aromatic rings. The van der Waals surface area contributed by atoms with Gasteiger partial charge in [0.2, 0.25) is 5.91 Å². The molecule has 1 N–H and O–H groups in total. The van der Waals surface area contributed by atoms with Gasteiger partial charge in [-0.2, -0.15) is 0 Å². The van der Waals surface area contributed by atoms with E-state index in [4.69, 9.17) is 14.2 Å².